The number of carbonyl (C=O) groups excluding carboxylic acids is 2. The molecular formula is C12H10F3NO2. The Balaban J connectivity index is 2.30. The molecule has 2 rings (SSSR count). The molecule has 0 aliphatic heterocycles. The van der Waals surface area contributed by atoms with E-state index in [0.717, 1.165) is 0 Å². The van der Waals surface area contributed by atoms with Crippen molar-refractivity contribution in [2.75, 3.05) is 0 Å². The third-order valence-electron chi connectivity index (χ3n) is 2.93. The molecule has 3 nitrogen and oxygen atoms in total. The van der Waals surface area contributed by atoms with Crippen LogP contribution in [0.25, 0.3) is 0 Å². The van der Waals surface area contributed by atoms with Crippen molar-refractivity contribution in [1.82, 2.24) is 5.32 Å². The first kappa shape index (κ1) is 12.6. The summed E-state index contributed by atoms with van der Waals surface area (Å²) in [5, 5.41) is 1.86. The molecular weight excluding hydrogens is 247 g/mol. The van der Waals surface area contributed by atoms with Gasteiger partial charge >= 0.3 is 12.1 Å². The van der Waals surface area contributed by atoms with E-state index in [2.05, 4.69) is 0 Å². The summed E-state index contributed by atoms with van der Waals surface area (Å²) in [6.45, 7) is 1.70. The number of hydrogen-bond acceptors (Lipinski definition) is 2. The quantitative estimate of drug-likeness (QED) is 0.839. The zero-order valence-electron chi connectivity index (χ0n) is 9.47. The lowest BCUT2D eigenvalue weighted by molar-refractivity contribution is -0.174. The Morgan fingerprint density at radius 2 is 2.06 bits per heavy atom. The number of benzene rings is 1. The van der Waals surface area contributed by atoms with Crippen LogP contribution < -0.4 is 5.32 Å². The number of Topliss-reactive ketones (excluding diaryl/α,β-unsaturated/α-hetero) is 1. The highest BCUT2D eigenvalue weighted by Crippen LogP contribution is 2.34. The molecule has 0 radical (unpaired) electrons. The fraction of sp³-hybridized carbons (Fsp3) is 0.333. The van der Waals surface area contributed by atoms with Crippen molar-refractivity contribution in [3.63, 3.8) is 0 Å². The van der Waals surface area contributed by atoms with Crippen molar-refractivity contribution in [1.29, 1.82) is 0 Å². The number of aryl methyl sites for hydroxylation is 1. The molecule has 1 N–H and O–H groups in total. The number of ketones is 1. The number of nitrogens with one attached hydrogen (secondary N) is 1. The summed E-state index contributed by atoms with van der Waals surface area (Å²) in [4.78, 5) is 22.5. The fourth-order valence-corrected chi connectivity index (χ4v) is 2.15. The first-order chi connectivity index (χ1) is 8.30. The minimum Gasteiger partial charge on any atom is -0.341 e. The number of fused-ring (bicyclic) bond motifs is 1. The molecule has 0 aromatic heterocycles. The minimum absolute atomic E-state index is 0.123. The van der Waals surface area contributed by atoms with E-state index in [0.29, 0.717) is 16.7 Å². The molecule has 1 aliphatic carbocycles. The van der Waals surface area contributed by atoms with Crippen molar-refractivity contribution in [3.8, 4) is 0 Å². The number of rotatable bonds is 1. The van der Waals surface area contributed by atoms with E-state index < -0.39 is 18.1 Å². The number of carbonyl (C=O) groups is 2. The maximum absolute atomic E-state index is 12.2. The Labute approximate surface area is 101 Å². The van der Waals surface area contributed by atoms with Gasteiger partial charge in [-0.15, -0.1) is 0 Å². The molecule has 1 aromatic carbocycles. The first-order valence-electron chi connectivity index (χ1n) is 5.31. The van der Waals surface area contributed by atoms with Crippen molar-refractivity contribution in [3.05, 3.63) is 34.9 Å². The van der Waals surface area contributed by atoms with Crippen LogP contribution in [0.15, 0.2) is 18.2 Å². The molecule has 1 amide bonds. The molecule has 18 heavy (non-hydrogen) atoms. The number of halogens is 3. The predicted octanol–water partition coefficient (Wildman–Crippen LogP) is 2.30. The van der Waals surface area contributed by atoms with Crippen LogP contribution in [0.1, 0.15) is 33.9 Å². The molecule has 1 atom stereocenters. The Bertz CT molecular complexity index is 523. The van der Waals surface area contributed by atoms with Crippen LogP contribution in [0.4, 0.5) is 13.2 Å². The van der Waals surface area contributed by atoms with Crippen molar-refractivity contribution in [2.24, 2.45) is 0 Å². The van der Waals surface area contributed by atoms with Crippen LogP contribution in [-0.4, -0.2) is 17.9 Å². The Morgan fingerprint density at radius 3 is 2.67 bits per heavy atom. The predicted molar refractivity (Wildman–Crippen MR) is 57.1 cm³/mol. The van der Waals surface area contributed by atoms with Gasteiger partial charge in [0.2, 0.25) is 0 Å². The van der Waals surface area contributed by atoms with Gasteiger partial charge in [-0.25, -0.2) is 0 Å². The van der Waals surface area contributed by atoms with Crippen LogP contribution in [0.3, 0.4) is 0 Å². The van der Waals surface area contributed by atoms with E-state index in [9.17, 15) is 22.8 Å². The van der Waals surface area contributed by atoms with Crippen LogP contribution in [-0.2, 0) is 4.79 Å². The summed E-state index contributed by atoms with van der Waals surface area (Å²) < 4.78 is 36.5. The average molecular weight is 257 g/mol. The molecule has 0 heterocycles. The van der Waals surface area contributed by atoms with E-state index in [1.54, 1.807) is 25.1 Å². The third kappa shape index (κ3) is 2.10. The highest BCUT2D eigenvalue weighted by Gasteiger charge is 2.42. The van der Waals surface area contributed by atoms with Gasteiger partial charge < -0.3 is 5.32 Å². The molecule has 0 bridgehead atoms. The van der Waals surface area contributed by atoms with Crippen LogP contribution in [0.5, 0.6) is 0 Å². The van der Waals surface area contributed by atoms with Gasteiger partial charge in [0.05, 0.1) is 6.04 Å². The standard InChI is InChI=1S/C12H10F3NO2/c1-6-3-2-4-7-9(17)5-8(10(6)7)16-11(18)12(13,14)15/h2-4,8H,5H2,1H3,(H,16,18). The molecule has 1 unspecified atom stereocenters. The molecule has 1 aliphatic rings. The van der Waals surface area contributed by atoms with E-state index in [1.165, 1.54) is 0 Å². The zero-order chi connectivity index (χ0) is 13.5. The van der Waals surface area contributed by atoms with Gasteiger partial charge in [-0.2, -0.15) is 13.2 Å². The molecule has 1 aromatic rings. The lowest BCUT2D eigenvalue weighted by Crippen LogP contribution is -2.38. The summed E-state index contributed by atoms with van der Waals surface area (Å²) in [5.74, 6) is -2.27. The normalized spacial score (nSPS) is 18.7. The summed E-state index contributed by atoms with van der Waals surface area (Å²) >= 11 is 0. The van der Waals surface area contributed by atoms with E-state index >= 15 is 0 Å². The molecule has 0 fully saturated rings. The van der Waals surface area contributed by atoms with Crippen molar-refractivity contribution < 1.29 is 22.8 Å². The van der Waals surface area contributed by atoms with Gasteiger partial charge in [0.25, 0.3) is 0 Å². The largest absolute Gasteiger partial charge is 0.471 e. The summed E-state index contributed by atoms with van der Waals surface area (Å²) in [6, 6.07) is 4.04. The highest BCUT2D eigenvalue weighted by atomic mass is 19.4. The smallest absolute Gasteiger partial charge is 0.341 e. The SMILES string of the molecule is Cc1cccc2c1C(NC(=O)C(F)(F)F)CC2=O. The molecule has 0 saturated carbocycles. The van der Waals surface area contributed by atoms with E-state index in [1.807, 2.05) is 5.32 Å². The second-order valence-electron chi connectivity index (χ2n) is 4.19. The van der Waals surface area contributed by atoms with Crippen LogP contribution in [0, 0.1) is 6.92 Å². The van der Waals surface area contributed by atoms with Crippen LogP contribution in [0.2, 0.25) is 0 Å². The van der Waals surface area contributed by atoms with Gasteiger partial charge in [0.1, 0.15) is 0 Å². The Morgan fingerprint density at radius 1 is 1.39 bits per heavy atom. The number of hydrogen-bond donors (Lipinski definition) is 1. The van der Waals surface area contributed by atoms with Gasteiger partial charge in [-0.3, -0.25) is 9.59 Å². The van der Waals surface area contributed by atoms with E-state index in [-0.39, 0.29) is 12.2 Å². The number of alkyl halides is 3. The zero-order valence-corrected chi connectivity index (χ0v) is 9.47. The summed E-state index contributed by atoms with van der Waals surface area (Å²) in [5.41, 5.74) is 1.58. The fourth-order valence-electron chi connectivity index (χ4n) is 2.15. The topological polar surface area (TPSA) is 46.2 Å². The van der Waals surface area contributed by atoms with Gasteiger partial charge in [0.15, 0.2) is 5.78 Å². The molecule has 0 saturated heterocycles. The van der Waals surface area contributed by atoms with Gasteiger partial charge in [-0.05, 0) is 18.1 Å². The molecule has 96 valence electrons. The van der Waals surface area contributed by atoms with E-state index in [4.69, 9.17) is 0 Å². The van der Waals surface area contributed by atoms with Gasteiger partial charge in [0, 0.05) is 12.0 Å². The van der Waals surface area contributed by atoms with Crippen molar-refractivity contribution in [2.45, 2.75) is 25.6 Å². The maximum atomic E-state index is 12.2. The first-order valence-corrected chi connectivity index (χ1v) is 5.31. The maximum Gasteiger partial charge on any atom is 0.471 e. The Kier molecular flexibility index (Phi) is 2.88. The molecule has 0 spiro atoms. The van der Waals surface area contributed by atoms with Crippen LogP contribution >= 0.6 is 0 Å². The van der Waals surface area contributed by atoms with Gasteiger partial charge in [-0.1, -0.05) is 18.2 Å². The lowest BCUT2D eigenvalue weighted by Gasteiger charge is -2.16. The number of amides is 1. The summed E-state index contributed by atoms with van der Waals surface area (Å²) in [7, 11) is 0. The second-order valence-corrected chi connectivity index (χ2v) is 4.19. The third-order valence-corrected chi connectivity index (χ3v) is 2.93. The average Bonchev–Trinajstić information content (AvgIpc) is 2.56. The minimum atomic E-state index is -4.94. The Hall–Kier alpha value is -1.85. The summed E-state index contributed by atoms with van der Waals surface area (Å²) in [6.07, 6.45) is -5.06. The lowest BCUT2D eigenvalue weighted by atomic mass is 10.0. The monoisotopic (exact) mass is 257 g/mol. The molecule has 6 heteroatoms. The second kappa shape index (κ2) is 4.12. The highest BCUT2D eigenvalue weighted by molar-refractivity contribution is 6.02. The van der Waals surface area contributed by atoms with Crippen molar-refractivity contribution >= 4 is 11.7 Å².